The van der Waals surface area contributed by atoms with E-state index < -0.39 is 23.2 Å². The molecule has 109 valence electrons. The number of anilines is 1. The number of hydrogen-bond donors (Lipinski definition) is 2. The largest absolute Gasteiger partial charge is 0.612 e. The fraction of sp³-hybridized carbons (Fsp3) is 0.429. The van der Waals surface area contributed by atoms with Crippen molar-refractivity contribution in [1.29, 1.82) is 0 Å². The molecule has 0 aliphatic heterocycles. The highest BCUT2D eigenvalue weighted by Crippen LogP contribution is 2.13. The first-order valence-corrected chi connectivity index (χ1v) is 7.87. The summed E-state index contributed by atoms with van der Waals surface area (Å²) in [5.41, 5.74) is 0.575. The van der Waals surface area contributed by atoms with Crippen molar-refractivity contribution in [3.05, 3.63) is 24.3 Å². The van der Waals surface area contributed by atoms with Gasteiger partial charge in [-0.1, -0.05) is 13.8 Å². The van der Waals surface area contributed by atoms with Crippen molar-refractivity contribution in [2.45, 2.75) is 31.2 Å². The van der Waals surface area contributed by atoms with Crippen LogP contribution in [0.5, 0.6) is 0 Å². The van der Waals surface area contributed by atoms with E-state index in [0.717, 1.165) is 0 Å². The molecule has 2 atom stereocenters. The van der Waals surface area contributed by atoms with Crippen LogP contribution in [0.1, 0.15) is 20.3 Å². The molecule has 1 aromatic carbocycles. The molecular formula is C14H19N2O3S. The summed E-state index contributed by atoms with van der Waals surface area (Å²) in [4.78, 5) is 23.2. The van der Waals surface area contributed by atoms with Crippen molar-refractivity contribution in [3.63, 3.8) is 0 Å². The Balaban J connectivity index is 2.55. The van der Waals surface area contributed by atoms with Gasteiger partial charge in [0.2, 0.25) is 6.29 Å². The Bertz CT molecular complexity index is 446. The molecule has 6 heteroatoms. The number of carbonyl (C=O) groups excluding carboxylic acids is 2. The molecule has 5 nitrogen and oxygen atoms in total. The van der Waals surface area contributed by atoms with Crippen molar-refractivity contribution >= 4 is 29.2 Å². The number of hydrogen-bond acceptors (Lipinski definition) is 3. The molecule has 2 N–H and O–H groups in total. The lowest BCUT2D eigenvalue weighted by Crippen LogP contribution is -2.39. The van der Waals surface area contributed by atoms with Gasteiger partial charge in [-0.15, -0.1) is 0 Å². The van der Waals surface area contributed by atoms with Gasteiger partial charge < -0.3 is 15.2 Å². The molecule has 1 aromatic rings. The Morgan fingerprint density at radius 1 is 1.35 bits per heavy atom. The maximum Gasteiger partial charge on any atom is 0.319 e. The molecule has 0 saturated carbocycles. The minimum Gasteiger partial charge on any atom is -0.612 e. The van der Waals surface area contributed by atoms with Gasteiger partial charge >= 0.3 is 6.03 Å². The van der Waals surface area contributed by atoms with Crippen molar-refractivity contribution in [2.75, 3.05) is 11.6 Å². The van der Waals surface area contributed by atoms with Crippen molar-refractivity contribution in [3.8, 4) is 0 Å². The monoisotopic (exact) mass is 295 g/mol. The molecule has 0 aliphatic rings. The van der Waals surface area contributed by atoms with E-state index in [9.17, 15) is 14.1 Å². The van der Waals surface area contributed by atoms with Crippen LogP contribution in [0.4, 0.5) is 10.5 Å². The van der Waals surface area contributed by atoms with E-state index in [2.05, 4.69) is 10.6 Å². The maximum atomic E-state index is 11.7. The van der Waals surface area contributed by atoms with Gasteiger partial charge in [-0.3, -0.25) is 4.79 Å². The minimum atomic E-state index is -1.05. The van der Waals surface area contributed by atoms with Crippen LogP contribution in [0.15, 0.2) is 29.2 Å². The smallest absolute Gasteiger partial charge is 0.319 e. The zero-order valence-electron chi connectivity index (χ0n) is 11.8. The summed E-state index contributed by atoms with van der Waals surface area (Å²) in [6.45, 7) is 3.93. The van der Waals surface area contributed by atoms with Gasteiger partial charge in [-0.25, -0.2) is 4.79 Å². The number of urea groups is 1. The Kier molecular flexibility index (Phi) is 6.54. The predicted molar refractivity (Wildman–Crippen MR) is 79.9 cm³/mol. The standard InChI is InChI=1S/C14H19N2O3S/c1-10(2)8-12(9-17)16-14(18)15-11-4-6-13(7-5-11)20(3)19/h4-7,10,12H,8H2,1-3H3,(H2,15,16,18)/t12-,20?/m0/s1. The van der Waals surface area contributed by atoms with Crippen LogP contribution in [0.3, 0.4) is 0 Å². The van der Waals surface area contributed by atoms with Gasteiger partial charge in [0.05, 0.1) is 6.04 Å². The van der Waals surface area contributed by atoms with E-state index in [1.54, 1.807) is 30.5 Å². The average molecular weight is 295 g/mol. The van der Waals surface area contributed by atoms with Crippen LogP contribution in [0.25, 0.3) is 0 Å². The second kappa shape index (κ2) is 7.91. The molecule has 0 saturated heterocycles. The summed E-state index contributed by atoms with van der Waals surface area (Å²) >= 11 is -1.05. The van der Waals surface area contributed by atoms with Gasteiger partial charge in [-0.05, 0) is 47.8 Å². The summed E-state index contributed by atoms with van der Waals surface area (Å²) in [7, 11) is 0. The van der Waals surface area contributed by atoms with Gasteiger partial charge in [0.15, 0.2) is 4.90 Å². The fourth-order valence-corrected chi connectivity index (χ4v) is 2.18. The number of amides is 2. The number of nitrogens with one attached hydrogen (secondary N) is 2. The van der Waals surface area contributed by atoms with Crippen LogP contribution in [0, 0.1) is 5.92 Å². The second-order valence-electron chi connectivity index (χ2n) is 4.88. The zero-order valence-corrected chi connectivity index (χ0v) is 12.6. The first-order valence-electron chi connectivity index (χ1n) is 6.31. The minimum absolute atomic E-state index is 0.292. The Morgan fingerprint density at radius 2 is 1.95 bits per heavy atom. The third-order valence-electron chi connectivity index (χ3n) is 2.60. The zero-order chi connectivity index (χ0) is 15.1. The Hall–Kier alpha value is -1.53. The van der Waals surface area contributed by atoms with Gasteiger partial charge in [0, 0.05) is 5.69 Å². The Labute approximate surface area is 122 Å². The topological polar surface area (TPSA) is 81.3 Å². The molecule has 1 rings (SSSR count). The molecule has 0 bridgehead atoms. The molecule has 20 heavy (non-hydrogen) atoms. The number of rotatable bonds is 6. The normalized spacial score (nSPS) is 13.7. The first-order chi connectivity index (χ1) is 9.42. The van der Waals surface area contributed by atoms with Gasteiger partial charge in [-0.2, -0.15) is 0 Å². The van der Waals surface area contributed by atoms with Crippen molar-refractivity contribution in [2.24, 2.45) is 5.92 Å². The first kappa shape index (κ1) is 16.5. The molecule has 1 radical (unpaired) electrons. The summed E-state index contributed by atoms with van der Waals surface area (Å²) in [6, 6.07) is 5.63. The van der Waals surface area contributed by atoms with E-state index in [4.69, 9.17) is 0 Å². The Morgan fingerprint density at radius 3 is 2.40 bits per heavy atom. The third kappa shape index (κ3) is 5.63. The summed E-state index contributed by atoms with van der Waals surface area (Å²) in [5, 5.41) is 5.17. The SMILES string of the molecule is CC(C)C[C@@H]([C]=O)NC(=O)Nc1ccc([S+](C)[O-])cc1. The van der Waals surface area contributed by atoms with Crippen LogP contribution in [0.2, 0.25) is 0 Å². The molecular weight excluding hydrogens is 276 g/mol. The maximum absolute atomic E-state index is 11.7. The molecule has 0 heterocycles. The van der Waals surface area contributed by atoms with Crippen molar-refractivity contribution in [1.82, 2.24) is 5.32 Å². The van der Waals surface area contributed by atoms with Crippen LogP contribution < -0.4 is 10.6 Å². The van der Waals surface area contributed by atoms with Crippen LogP contribution in [-0.4, -0.2) is 29.2 Å². The highest BCUT2D eigenvalue weighted by atomic mass is 32.2. The number of carbonyl (C=O) groups is 1. The third-order valence-corrected chi connectivity index (χ3v) is 3.53. The lowest BCUT2D eigenvalue weighted by atomic mass is 10.1. The van der Waals surface area contributed by atoms with Gasteiger partial charge in [0.1, 0.15) is 6.26 Å². The highest BCUT2D eigenvalue weighted by Gasteiger charge is 2.14. The quantitative estimate of drug-likeness (QED) is 0.788. The van der Waals surface area contributed by atoms with E-state index in [1.165, 1.54) is 0 Å². The molecule has 0 fully saturated rings. The van der Waals surface area contributed by atoms with E-state index in [0.29, 0.717) is 22.9 Å². The lowest BCUT2D eigenvalue weighted by Gasteiger charge is -2.15. The molecule has 1 unspecified atom stereocenters. The average Bonchev–Trinajstić information content (AvgIpc) is 2.37. The van der Waals surface area contributed by atoms with Gasteiger partial charge in [0.25, 0.3) is 0 Å². The number of benzene rings is 1. The highest BCUT2D eigenvalue weighted by molar-refractivity contribution is 7.90. The van der Waals surface area contributed by atoms with E-state index >= 15 is 0 Å². The van der Waals surface area contributed by atoms with Crippen LogP contribution >= 0.6 is 0 Å². The molecule has 0 aromatic heterocycles. The molecule has 2 amide bonds. The van der Waals surface area contributed by atoms with Crippen LogP contribution in [-0.2, 0) is 16.0 Å². The predicted octanol–water partition coefficient (Wildman–Crippen LogP) is 2.07. The second-order valence-corrected chi connectivity index (χ2v) is 6.26. The van der Waals surface area contributed by atoms with E-state index in [1.807, 2.05) is 20.1 Å². The lowest BCUT2D eigenvalue weighted by molar-refractivity contribution is 0.249. The molecule has 0 aliphatic carbocycles. The van der Waals surface area contributed by atoms with E-state index in [-0.39, 0.29) is 0 Å². The summed E-state index contributed by atoms with van der Waals surface area (Å²) in [6.07, 6.45) is 3.95. The summed E-state index contributed by atoms with van der Waals surface area (Å²) < 4.78 is 11.2. The fourth-order valence-electron chi connectivity index (χ4n) is 1.66. The van der Waals surface area contributed by atoms with Crippen molar-refractivity contribution < 1.29 is 14.1 Å². The summed E-state index contributed by atoms with van der Waals surface area (Å²) in [5.74, 6) is 0.292. The molecule has 0 spiro atoms.